The van der Waals surface area contributed by atoms with Gasteiger partial charge in [0.2, 0.25) is 0 Å². The van der Waals surface area contributed by atoms with Crippen LogP contribution < -0.4 is 0 Å². The van der Waals surface area contributed by atoms with Crippen LogP contribution in [0.25, 0.3) is 0 Å². The first-order chi connectivity index (χ1) is 13.9. The van der Waals surface area contributed by atoms with Gasteiger partial charge in [0.15, 0.2) is 14.1 Å². The number of carbonyl (C=O) groups is 1. The van der Waals surface area contributed by atoms with E-state index in [1.54, 1.807) is 11.1 Å². The molecule has 0 aromatic heterocycles. The third kappa shape index (κ3) is 3.35. The predicted octanol–water partition coefficient (Wildman–Crippen LogP) is 7.39. The average Bonchev–Trinajstić information content (AvgIpc) is 3.02. The molecule has 30 heavy (non-hydrogen) atoms. The monoisotopic (exact) mass is 426 g/mol. The molecule has 0 aromatic rings. The van der Waals surface area contributed by atoms with Gasteiger partial charge in [0, 0.05) is 11.0 Å². The smallest absolute Gasteiger partial charge is 0.192 e. The minimum Gasteiger partial charge on any atom is -0.409 e. The number of carbonyl (C=O) groups excluding carboxylic acids is 1. The molecule has 2 nitrogen and oxygen atoms in total. The third-order valence-corrected chi connectivity index (χ3v) is 14.2. The molecule has 2 fully saturated rings. The van der Waals surface area contributed by atoms with Gasteiger partial charge in [-0.3, -0.25) is 4.79 Å². The fraction of sp³-hybridized carbons (Fsp3) is 0.741. The lowest BCUT2D eigenvalue weighted by molar-refractivity contribution is -0.119. The van der Waals surface area contributed by atoms with Gasteiger partial charge in [0.25, 0.3) is 0 Å². The summed E-state index contributed by atoms with van der Waals surface area (Å²) in [6.45, 7) is 16.3. The fourth-order valence-electron chi connectivity index (χ4n) is 6.60. The van der Waals surface area contributed by atoms with Crippen molar-refractivity contribution in [2.75, 3.05) is 6.61 Å². The van der Waals surface area contributed by atoms with Gasteiger partial charge in [0.1, 0.15) is 0 Å². The van der Waals surface area contributed by atoms with E-state index in [4.69, 9.17) is 4.43 Å². The molecule has 0 radical (unpaired) electrons. The molecule has 0 spiro atoms. The Morgan fingerprint density at radius 2 is 1.83 bits per heavy atom. The molecule has 0 amide bonds. The lowest BCUT2D eigenvalue weighted by Gasteiger charge is -2.53. The Labute approximate surface area is 185 Å². The Bertz CT molecular complexity index is 824. The van der Waals surface area contributed by atoms with Crippen molar-refractivity contribution in [3.63, 3.8) is 0 Å². The van der Waals surface area contributed by atoms with Crippen molar-refractivity contribution < 1.29 is 9.22 Å². The van der Waals surface area contributed by atoms with Crippen molar-refractivity contribution in [1.82, 2.24) is 0 Å². The summed E-state index contributed by atoms with van der Waals surface area (Å²) in [5.74, 6) is 1.42. The van der Waals surface area contributed by atoms with Gasteiger partial charge in [-0.15, -0.1) is 0 Å². The summed E-state index contributed by atoms with van der Waals surface area (Å²) < 4.78 is 6.31. The lowest BCUT2D eigenvalue weighted by Crippen LogP contribution is -2.45. The highest BCUT2D eigenvalue weighted by Crippen LogP contribution is 2.63. The largest absolute Gasteiger partial charge is 0.409 e. The Hall–Kier alpha value is -0.933. The van der Waals surface area contributed by atoms with Crippen LogP contribution in [0.2, 0.25) is 18.1 Å². The molecule has 0 aliphatic heterocycles. The second-order valence-corrected chi connectivity index (χ2v) is 17.2. The van der Waals surface area contributed by atoms with E-state index < -0.39 is 8.32 Å². The van der Waals surface area contributed by atoms with Crippen LogP contribution in [0.5, 0.6) is 0 Å². The highest BCUT2D eigenvalue weighted by molar-refractivity contribution is 6.74. The third-order valence-electron chi connectivity index (χ3n) is 9.74. The van der Waals surface area contributed by atoms with E-state index in [9.17, 15) is 4.79 Å². The van der Waals surface area contributed by atoms with Crippen LogP contribution in [0.15, 0.2) is 34.9 Å². The summed E-state index contributed by atoms with van der Waals surface area (Å²) in [4.78, 5) is 13.3. The molecule has 4 aliphatic carbocycles. The van der Waals surface area contributed by atoms with Crippen LogP contribution in [0.4, 0.5) is 0 Å². The van der Waals surface area contributed by atoms with Crippen LogP contribution in [0, 0.1) is 22.7 Å². The highest BCUT2D eigenvalue weighted by atomic mass is 28.4. The lowest BCUT2D eigenvalue weighted by atomic mass is 9.50. The maximum atomic E-state index is 13.3. The first-order valence-electron chi connectivity index (χ1n) is 12.2. The van der Waals surface area contributed by atoms with Crippen molar-refractivity contribution >= 4 is 14.1 Å². The zero-order valence-electron chi connectivity index (χ0n) is 20.4. The molecular weight excluding hydrogens is 384 g/mol. The average molecular weight is 427 g/mol. The standard InChI is InChI=1S/C27H42O2Si/c1-25(2,3)30(6,7)29-18-24(28)23-14-13-21-20-12-11-19-10-8-9-16-26(19,4)22(20)15-17-27(21,23)5/h11-12,14,21-22H,8-10,13,15-18H2,1-7H3/t21-,22-,26-,27-/m0/s1. The fourth-order valence-corrected chi connectivity index (χ4v) is 7.52. The van der Waals surface area contributed by atoms with Crippen LogP contribution in [-0.2, 0) is 9.22 Å². The molecule has 0 aromatic carbocycles. The molecule has 4 atom stereocenters. The normalized spacial score (nSPS) is 36.2. The molecule has 0 heterocycles. The molecule has 166 valence electrons. The van der Waals surface area contributed by atoms with E-state index in [2.05, 4.69) is 65.9 Å². The summed E-state index contributed by atoms with van der Waals surface area (Å²) in [5, 5.41) is 0.133. The van der Waals surface area contributed by atoms with E-state index >= 15 is 0 Å². The van der Waals surface area contributed by atoms with Gasteiger partial charge in [0.05, 0.1) is 6.61 Å². The maximum absolute atomic E-state index is 13.3. The molecule has 2 saturated carbocycles. The van der Waals surface area contributed by atoms with Crippen LogP contribution in [0.3, 0.4) is 0 Å². The molecular formula is C27H42O2Si. The minimum atomic E-state index is -1.91. The van der Waals surface area contributed by atoms with E-state index in [0.717, 1.165) is 18.4 Å². The zero-order valence-corrected chi connectivity index (χ0v) is 21.4. The number of fused-ring (bicyclic) bond motifs is 5. The summed E-state index contributed by atoms with van der Waals surface area (Å²) in [5.41, 5.74) is 4.75. The highest BCUT2D eigenvalue weighted by Gasteiger charge is 2.54. The van der Waals surface area contributed by atoms with Gasteiger partial charge in [-0.25, -0.2) is 0 Å². The summed E-state index contributed by atoms with van der Waals surface area (Å²) >= 11 is 0. The number of ketones is 1. The summed E-state index contributed by atoms with van der Waals surface area (Å²) in [6, 6.07) is 0. The van der Waals surface area contributed by atoms with Crippen molar-refractivity contribution in [3.8, 4) is 0 Å². The second-order valence-electron chi connectivity index (χ2n) is 12.4. The van der Waals surface area contributed by atoms with E-state index in [-0.39, 0.29) is 22.8 Å². The molecule has 4 aliphatic rings. The first-order valence-corrected chi connectivity index (χ1v) is 15.1. The number of allylic oxidation sites excluding steroid dienone is 5. The summed E-state index contributed by atoms with van der Waals surface area (Å²) in [7, 11) is -1.91. The van der Waals surface area contributed by atoms with Crippen LogP contribution in [0.1, 0.15) is 79.6 Å². The SMILES string of the molecule is CC(C)(C)[Si](C)(C)OCC(=O)C1=CC[C@H]2C3=CC=C4CCCC[C@]4(C)[C@H]3CC[C@]12C. The van der Waals surface area contributed by atoms with Crippen LogP contribution >= 0.6 is 0 Å². The van der Waals surface area contributed by atoms with Gasteiger partial charge in [-0.2, -0.15) is 0 Å². The summed E-state index contributed by atoms with van der Waals surface area (Å²) in [6.07, 6.45) is 15.9. The van der Waals surface area contributed by atoms with Gasteiger partial charge in [-0.1, -0.05) is 70.4 Å². The number of Topliss-reactive ketones (excluding diaryl/α,β-unsaturated/α-hetero) is 1. The molecule has 0 N–H and O–H groups in total. The Morgan fingerprint density at radius 3 is 2.53 bits per heavy atom. The molecule has 0 saturated heterocycles. The molecule has 3 heteroatoms. The van der Waals surface area contributed by atoms with Crippen molar-refractivity contribution in [2.45, 2.75) is 97.7 Å². The molecule has 0 bridgehead atoms. The van der Waals surface area contributed by atoms with Gasteiger partial charge >= 0.3 is 0 Å². The number of rotatable bonds is 4. The van der Waals surface area contributed by atoms with E-state index in [1.165, 1.54) is 32.1 Å². The van der Waals surface area contributed by atoms with Crippen molar-refractivity contribution in [1.29, 1.82) is 0 Å². The molecule has 0 unspecified atom stereocenters. The molecule has 4 rings (SSSR count). The van der Waals surface area contributed by atoms with Gasteiger partial charge < -0.3 is 4.43 Å². The van der Waals surface area contributed by atoms with E-state index in [0.29, 0.717) is 17.3 Å². The van der Waals surface area contributed by atoms with Gasteiger partial charge in [-0.05, 0) is 73.9 Å². The minimum absolute atomic E-state index is 0.00736. The quantitative estimate of drug-likeness (QED) is 0.438. The second kappa shape index (κ2) is 7.30. The van der Waals surface area contributed by atoms with Crippen molar-refractivity contribution in [2.24, 2.45) is 22.7 Å². The first kappa shape index (κ1) is 22.3. The zero-order chi connectivity index (χ0) is 21.9. The topological polar surface area (TPSA) is 26.3 Å². The Balaban J connectivity index is 1.53. The van der Waals surface area contributed by atoms with Crippen LogP contribution in [-0.4, -0.2) is 20.7 Å². The maximum Gasteiger partial charge on any atom is 0.192 e. The van der Waals surface area contributed by atoms with E-state index in [1.807, 2.05) is 0 Å². The van der Waals surface area contributed by atoms with Crippen molar-refractivity contribution in [3.05, 3.63) is 34.9 Å². The number of hydrogen-bond donors (Lipinski definition) is 0. The number of hydrogen-bond acceptors (Lipinski definition) is 2. The Kier molecular flexibility index (Phi) is 5.42. The Morgan fingerprint density at radius 1 is 1.10 bits per heavy atom. The predicted molar refractivity (Wildman–Crippen MR) is 128 cm³/mol.